The molecule has 0 atom stereocenters. The van der Waals surface area contributed by atoms with Gasteiger partial charge in [0.1, 0.15) is 23.2 Å². The van der Waals surface area contributed by atoms with Crippen LogP contribution in [0.15, 0.2) is 121 Å². The Bertz CT molecular complexity index is 1090. The van der Waals surface area contributed by atoms with Gasteiger partial charge in [-0.1, -0.05) is 126 Å². The Balaban J connectivity index is 0.000000270. The Hall–Kier alpha value is -2.26. The Morgan fingerprint density at radius 1 is 0.425 bits per heavy atom. The normalized spacial score (nSPS) is 11.9. The smallest absolute Gasteiger partial charge is 0.0622 e. The average Bonchev–Trinajstić information content (AvgIpc) is 2.92. The highest BCUT2D eigenvalue weighted by Gasteiger charge is 2.45. The molecule has 0 aliphatic rings. The van der Waals surface area contributed by atoms with Crippen LogP contribution >= 0.6 is 14.5 Å². The lowest BCUT2D eigenvalue weighted by atomic mass is 10.2. The van der Waals surface area contributed by atoms with Crippen molar-refractivity contribution in [1.82, 2.24) is 0 Å². The van der Waals surface area contributed by atoms with Gasteiger partial charge in [-0.05, 0) is 59.7 Å². The summed E-state index contributed by atoms with van der Waals surface area (Å²) < 4.78 is 0. The van der Waals surface area contributed by atoms with Crippen LogP contribution in [0, 0.1) is 17.8 Å². The molecule has 0 nitrogen and oxygen atoms in total. The molecule has 4 aromatic rings. The summed E-state index contributed by atoms with van der Waals surface area (Å²) in [5, 5.41) is 4.30. The Morgan fingerprint density at radius 2 is 0.700 bits per heavy atom. The highest BCUT2D eigenvalue weighted by atomic mass is 31.2. The minimum atomic E-state index is -1.78. The van der Waals surface area contributed by atoms with E-state index in [2.05, 4.69) is 170 Å². The molecule has 2 heteroatoms. The molecule has 40 heavy (non-hydrogen) atoms. The lowest BCUT2D eigenvalue weighted by Crippen LogP contribution is -2.32. The summed E-state index contributed by atoms with van der Waals surface area (Å²) >= 11 is 0. The van der Waals surface area contributed by atoms with Gasteiger partial charge in [-0.25, -0.2) is 0 Å². The molecule has 0 saturated carbocycles. The zero-order valence-electron chi connectivity index (χ0n) is 26.0. The van der Waals surface area contributed by atoms with Crippen LogP contribution in [0.1, 0.15) is 47.1 Å². The second-order valence-electron chi connectivity index (χ2n) is 12.8. The van der Waals surface area contributed by atoms with Crippen molar-refractivity contribution in [2.75, 3.05) is 25.2 Å². The van der Waals surface area contributed by atoms with E-state index >= 15 is 0 Å². The third-order valence-corrected chi connectivity index (χ3v) is 16.5. The van der Waals surface area contributed by atoms with E-state index in [9.17, 15) is 0 Å². The SMILES string of the molecule is CC(C)C[P+](C)(CC(C)C)CC(C)C.c1ccc(C[P+](c2ccccc2)(c2ccccc2)c2ccccc2)cc1. The van der Waals surface area contributed by atoms with Gasteiger partial charge in [-0.3, -0.25) is 0 Å². The summed E-state index contributed by atoms with van der Waals surface area (Å²) in [7, 11) is -2.41. The zero-order chi connectivity index (χ0) is 29.0. The molecule has 0 N–H and O–H groups in total. The first-order valence-electron chi connectivity index (χ1n) is 15.1. The van der Waals surface area contributed by atoms with Crippen LogP contribution in [0.2, 0.25) is 0 Å². The van der Waals surface area contributed by atoms with Crippen molar-refractivity contribution in [3.05, 3.63) is 127 Å². The van der Waals surface area contributed by atoms with Gasteiger partial charge >= 0.3 is 0 Å². The van der Waals surface area contributed by atoms with Crippen molar-refractivity contribution in [3.8, 4) is 0 Å². The predicted octanol–water partition coefficient (Wildman–Crippen LogP) is 9.78. The lowest BCUT2D eigenvalue weighted by molar-refractivity contribution is 0.687. The van der Waals surface area contributed by atoms with Crippen LogP contribution in [0.5, 0.6) is 0 Å². The zero-order valence-corrected chi connectivity index (χ0v) is 27.8. The second-order valence-corrected chi connectivity index (χ2v) is 20.6. The maximum absolute atomic E-state index is 2.59. The van der Waals surface area contributed by atoms with Crippen molar-refractivity contribution >= 4 is 30.4 Å². The van der Waals surface area contributed by atoms with E-state index in [1.165, 1.54) is 40.0 Å². The summed E-state index contributed by atoms with van der Waals surface area (Å²) in [4.78, 5) is 0. The van der Waals surface area contributed by atoms with Gasteiger partial charge in [0.15, 0.2) is 0 Å². The molecule has 0 radical (unpaired) electrons. The van der Waals surface area contributed by atoms with Gasteiger partial charge in [0.25, 0.3) is 0 Å². The van der Waals surface area contributed by atoms with E-state index in [1.807, 2.05) is 0 Å². The summed E-state index contributed by atoms with van der Waals surface area (Å²) in [5.41, 5.74) is 1.39. The summed E-state index contributed by atoms with van der Waals surface area (Å²) in [6, 6.07) is 44.0. The van der Waals surface area contributed by atoms with Gasteiger partial charge in [-0.15, -0.1) is 0 Å². The molecule has 0 unspecified atom stereocenters. The maximum atomic E-state index is 2.59. The second kappa shape index (κ2) is 15.7. The molecular formula is C38H52P2+2. The van der Waals surface area contributed by atoms with Gasteiger partial charge in [0.2, 0.25) is 0 Å². The standard InChI is InChI=1S/C25H22P.C13H30P/c1-5-13-22(14-6-1)21-26(23-15-7-2-8-16-23,24-17-9-3-10-18-24)25-19-11-4-12-20-25;1-11(2)8-14(7,9-12(3)4)10-13(5)6/h1-20H,21H2;11-13H,8-10H2,1-7H3/q2*+1. The molecule has 0 saturated heterocycles. The monoisotopic (exact) mass is 570 g/mol. The molecule has 0 bridgehead atoms. The fraction of sp³-hybridized carbons (Fsp3) is 0.368. The Labute approximate surface area is 247 Å². The number of hydrogen-bond donors (Lipinski definition) is 0. The van der Waals surface area contributed by atoms with E-state index < -0.39 is 14.5 Å². The van der Waals surface area contributed by atoms with Gasteiger partial charge < -0.3 is 0 Å². The molecule has 212 valence electrons. The van der Waals surface area contributed by atoms with Crippen LogP contribution in [0.3, 0.4) is 0 Å². The van der Waals surface area contributed by atoms with Crippen molar-refractivity contribution in [2.24, 2.45) is 17.8 Å². The molecule has 4 aromatic carbocycles. The minimum absolute atomic E-state index is 0.638. The predicted molar refractivity (Wildman–Crippen MR) is 187 cm³/mol. The Kier molecular flexibility index (Phi) is 12.6. The van der Waals surface area contributed by atoms with Crippen molar-refractivity contribution in [1.29, 1.82) is 0 Å². The third kappa shape index (κ3) is 9.40. The van der Waals surface area contributed by atoms with Crippen LogP contribution in [-0.2, 0) is 6.16 Å². The van der Waals surface area contributed by atoms with Crippen LogP contribution in [0.25, 0.3) is 0 Å². The van der Waals surface area contributed by atoms with Crippen molar-refractivity contribution in [2.45, 2.75) is 47.7 Å². The number of hydrogen-bond acceptors (Lipinski definition) is 0. The summed E-state index contributed by atoms with van der Waals surface area (Å²) in [6.45, 7) is 16.8. The maximum Gasteiger partial charge on any atom is 0.116 e. The lowest BCUT2D eigenvalue weighted by Gasteiger charge is -2.28. The van der Waals surface area contributed by atoms with Gasteiger partial charge in [0, 0.05) is 13.9 Å². The molecule has 0 aromatic heterocycles. The van der Waals surface area contributed by atoms with Crippen molar-refractivity contribution < 1.29 is 0 Å². The summed E-state index contributed by atoms with van der Waals surface area (Å²) in [5.74, 6) is 2.64. The minimum Gasteiger partial charge on any atom is -0.0622 e. The van der Waals surface area contributed by atoms with Crippen LogP contribution in [0.4, 0.5) is 0 Å². The fourth-order valence-corrected chi connectivity index (χ4v) is 16.5. The first-order valence-corrected chi connectivity index (χ1v) is 19.8. The van der Waals surface area contributed by atoms with Gasteiger partial charge in [0.05, 0.1) is 24.6 Å². The van der Waals surface area contributed by atoms with Crippen molar-refractivity contribution in [3.63, 3.8) is 0 Å². The van der Waals surface area contributed by atoms with Crippen LogP contribution < -0.4 is 15.9 Å². The first-order chi connectivity index (χ1) is 19.1. The van der Waals surface area contributed by atoms with E-state index in [0.29, 0.717) is 0 Å². The molecule has 0 amide bonds. The first kappa shape index (κ1) is 32.3. The average molecular weight is 571 g/mol. The van der Waals surface area contributed by atoms with E-state index in [1.54, 1.807) is 0 Å². The molecule has 0 spiro atoms. The Morgan fingerprint density at radius 3 is 0.975 bits per heavy atom. The largest absolute Gasteiger partial charge is 0.116 e. The summed E-state index contributed by atoms with van der Waals surface area (Å²) in [6.07, 6.45) is 5.50. The molecule has 0 fully saturated rings. The van der Waals surface area contributed by atoms with E-state index in [-0.39, 0.29) is 0 Å². The highest BCUT2D eigenvalue weighted by molar-refractivity contribution is 7.95. The quantitative estimate of drug-likeness (QED) is 0.157. The fourth-order valence-electron chi connectivity index (χ4n) is 6.49. The molecule has 0 heterocycles. The van der Waals surface area contributed by atoms with E-state index in [4.69, 9.17) is 0 Å². The third-order valence-electron chi connectivity index (χ3n) is 7.27. The molecule has 4 rings (SSSR count). The molecule has 0 aliphatic heterocycles. The molecule has 0 aliphatic carbocycles. The highest BCUT2D eigenvalue weighted by Crippen LogP contribution is 2.59. The van der Waals surface area contributed by atoms with Crippen LogP contribution in [-0.4, -0.2) is 25.2 Å². The number of benzene rings is 4. The molecular weight excluding hydrogens is 518 g/mol. The number of rotatable bonds is 11. The topological polar surface area (TPSA) is 0 Å². The van der Waals surface area contributed by atoms with E-state index in [0.717, 1.165) is 23.9 Å². The van der Waals surface area contributed by atoms with Gasteiger partial charge in [-0.2, -0.15) is 0 Å².